The highest BCUT2D eigenvalue weighted by molar-refractivity contribution is 7.90. The number of unbranched alkanes of at least 4 members (excludes halogenated alkanes) is 7. The first-order valence-corrected chi connectivity index (χ1v) is 19.8. The fourth-order valence-electron chi connectivity index (χ4n) is 6.99. The van der Waals surface area contributed by atoms with Gasteiger partial charge in [0.1, 0.15) is 11.6 Å². The van der Waals surface area contributed by atoms with E-state index in [4.69, 9.17) is 39.1 Å². The summed E-state index contributed by atoms with van der Waals surface area (Å²) in [5.41, 5.74) is 6.59. The van der Waals surface area contributed by atoms with Gasteiger partial charge in [-0.05, 0) is 75.4 Å². The summed E-state index contributed by atoms with van der Waals surface area (Å²) in [6.07, 6.45) is 10.6. The van der Waals surface area contributed by atoms with Crippen LogP contribution < -0.4 is 15.4 Å². The molecule has 1 saturated heterocycles. The first-order chi connectivity index (χ1) is 23.5. The normalized spacial score (nSPS) is 20.8. The van der Waals surface area contributed by atoms with Gasteiger partial charge in [-0.2, -0.15) is 0 Å². The Morgan fingerprint density at radius 1 is 1.02 bits per heavy atom. The molecule has 0 aromatic heterocycles. The Labute approximate surface area is 298 Å². The summed E-state index contributed by atoms with van der Waals surface area (Å²) in [6.45, 7) is 1.29. The molecule has 0 spiro atoms. The predicted octanol–water partition coefficient (Wildman–Crippen LogP) is 7.55. The Hall–Kier alpha value is -2.70. The molecule has 0 radical (unpaired) electrons. The molecular formula is C36H47Cl2FN4O5S. The Morgan fingerprint density at radius 3 is 2.27 bits per heavy atom. The van der Waals surface area contributed by atoms with E-state index in [1.165, 1.54) is 12.1 Å². The van der Waals surface area contributed by atoms with Gasteiger partial charge < -0.3 is 20.5 Å². The van der Waals surface area contributed by atoms with Gasteiger partial charge in [0.05, 0.1) is 39.9 Å². The van der Waals surface area contributed by atoms with Crippen LogP contribution in [0.15, 0.2) is 47.7 Å². The van der Waals surface area contributed by atoms with Gasteiger partial charge in [-0.3, -0.25) is 10.2 Å². The highest BCUT2D eigenvalue weighted by Crippen LogP contribution is 2.44. The molecule has 0 unspecified atom stereocenters. The molecule has 2 bridgehead atoms. The zero-order valence-corrected chi connectivity index (χ0v) is 30.1. The summed E-state index contributed by atoms with van der Waals surface area (Å²) in [7, 11) is -3.84. The summed E-state index contributed by atoms with van der Waals surface area (Å²) < 4.78 is 48.8. The average Bonchev–Trinajstić information content (AvgIpc) is 3.73. The van der Waals surface area contributed by atoms with Crippen LogP contribution in [0, 0.1) is 23.1 Å². The molecule has 1 amide bonds. The predicted molar refractivity (Wildman–Crippen MR) is 193 cm³/mol. The third-order valence-corrected chi connectivity index (χ3v) is 11.8. The van der Waals surface area contributed by atoms with Crippen LogP contribution in [-0.4, -0.2) is 62.7 Å². The van der Waals surface area contributed by atoms with Crippen molar-refractivity contribution in [2.24, 2.45) is 17.6 Å². The largest absolute Gasteiger partial charge is 0.512 e. The van der Waals surface area contributed by atoms with Crippen molar-refractivity contribution in [3.63, 3.8) is 0 Å². The first kappa shape index (κ1) is 37.6. The number of anilines is 1. The molecule has 2 aromatic rings. The van der Waals surface area contributed by atoms with E-state index >= 15 is 4.39 Å². The van der Waals surface area contributed by atoms with E-state index in [9.17, 15) is 18.3 Å². The number of halogens is 3. The van der Waals surface area contributed by atoms with Gasteiger partial charge in [0.15, 0.2) is 0 Å². The van der Waals surface area contributed by atoms with Crippen molar-refractivity contribution in [3.8, 4) is 0 Å². The number of aliphatic hydroxyl groups excluding tert-OH is 1. The number of carbonyl (C=O) groups excluding carboxylic acids is 1. The molecular weight excluding hydrogens is 690 g/mol. The van der Waals surface area contributed by atoms with Crippen LogP contribution in [0.2, 0.25) is 10.0 Å². The topological polar surface area (TPSA) is 146 Å². The van der Waals surface area contributed by atoms with Gasteiger partial charge >= 0.3 is 0 Å². The zero-order chi connectivity index (χ0) is 35.1. The number of aliphatic hydroxyl groups is 1. The molecule has 2 aromatic carbocycles. The second-order valence-corrected chi connectivity index (χ2v) is 16.2. The molecule has 3 atom stereocenters. The zero-order valence-electron chi connectivity index (χ0n) is 27.7. The monoisotopic (exact) mass is 736 g/mol. The number of nitrogens with zero attached hydrogens (tertiary/aromatic N) is 1. The summed E-state index contributed by atoms with van der Waals surface area (Å²) in [4.78, 5) is 14.7. The van der Waals surface area contributed by atoms with E-state index in [2.05, 4.69) is 4.72 Å². The number of amides is 1. The molecule has 3 fully saturated rings. The van der Waals surface area contributed by atoms with E-state index in [0.29, 0.717) is 52.8 Å². The molecule has 268 valence electrons. The second kappa shape index (κ2) is 17.0. The average molecular weight is 738 g/mol. The number of nitrogens with two attached hydrogens (primary N) is 1. The van der Waals surface area contributed by atoms with Crippen molar-refractivity contribution in [1.29, 1.82) is 5.41 Å². The number of carbonyl (C=O) groups is 1. The van der Waals surface area contributed by atoms with Crippen LogP contribution in [0.25, 0.3) is 0 Å². The Bertz CT molecular complexity index is 1630. The van der Waals surface area contributed by atoms with Crippen molar-refractivity contribution in [2.75, 3.05) is 30.3 Å². The fraction of sp³-hybridized carbons (Fsp3) is 0.556. The molecule has 1 aliphatic heterocycles. The van der Waals surface area contributed by atoms with Crippen molar-refractivity contribution in [3.05, 3.63) is 74.7 Å². The van der Waals surface area contributed by atoms with Gasteiger partial charge in [0, 0.05) is 41.1 Å². The maximum absolute atomic E-state index is 15.4. The van der Waals surface area contributed by atoms with Crippen LogP contribution in [0.5, 0.6) is 0 Å². The number of hydrogen-bond donors (Lipinski definition) is 4. The first-order valence-electron chi connectivity index (χ1n) is 17.4. The molecule has 13 heteroatoms. The summed E-state index contributed by atoms with van der Waals surface area (Å²) >= 11 is 12.8. The fourth-order valence-corrected chi connectivity index (χ4v) is 8.66. The maximum Gasteiger partial charge on any atom is 0.264 e. The molecule has 3 aliphatic rings. The SMILES string of the molecule is N=C(/C(CO[C@@H]1C[C@@H]2C[C@H]1CN2c1ccc(C(=O)NS(=O)(=O)CCCCCCCCCCN)cc1F)=C(\O)C1CC1)c1c(Cl)cccc1Cl. The molecule has 2 saturated carbocycles. The molecule has 2 aliphatic carbocycles. The number of hydrogen-bond acceptors (Lipinski definition) is 8. The lowest BCUT2D eigenvalue weighted by atomic mass is 9.99. The lowest BCUT2D eigenvalue weighted by Gasteiger charge is -2.33. The molecule has 49 heavy (non-hydrogen) atoms. The van der Waals surface area contributed by atoms with Crippen molar-refractivity contribution in [2.45, 2.75) is 89.2 Å². The lowest BCUT2D eigenvalue weighted by Crippen LogP contribution is -2.39. The highest BCUT2D eigenvalue weighted by Gasteiger charge is 2.46. The second-order valence-electron chi connectivity index (χ2n) is 13.5. The molecule has 5 N–H and O–H groups in total. The number of fused-ring (bicyclic) bond motifs is 2. The molecule has 1 heterocycles. The van der Waals surface area contributed by atoms with Crippen molar-refractivity contribution < 1.29 is 27.4 Å². The van der Waals surface area contributed by atoms with Crippen molar-refractivity contribution >= 4 is 50.5 Å². The highest BCUT2D eigenvalue weighted by atomic mass is 35.5. The minimum atomic E-state index is -3.84. The number of sulfonamides is 1. The van der Waals surface area contributed by atoms with Crippen LogP contribution in [0.4, 0.5) is 10.1 Å². The number of benzene rings is 2. The lowest BCUT2D eigenvalue weighted by molar-refractivity contribution is 0.0389. The summed E-state index contributed by atoms with van der Waals surface area (Å²) in [6, 6.07) is 9.11. The van der Waals surface area contributed by atoms with Crippen LogP contribution in [-0.2, 0) is 14.8 Å². The Balaban J connectivity index is 1.11. The summed E-state index contributed by atoms with van der Waals surface area (Å²) in [5, 5.41) is 20.5. The molecule has 9 nitrogen and oxygen atoms in total. The smallest absolute Gasteiger partial charge is 0.264 e. The standard InChI is InChI=1S/C36H47Cl2FN4O5S/c37-28-10-9-11-29(38)33(28)34(41)27(35(44)23-12-13-23)22-48-32-20-26-18-25(32)21-43(26)31-15-14-24(19-30(31)39)36(45)42-49(46,47)17-8-6-4-2-1-3-5-7-16-40/h9-11,14-15,19,23,25-26,32,41,44H,1-8,12-13,16-18,20-22,40H2,(H,42,45)/b35-27-,41-34?/t25-,26-,32+/m0/s1. The Morgan fingerprint density at radius 2 is 1.67 bits per heavy atom. The van der Waals surface area contributed by atoms with Gasteiger partial charge in [-0.1, -0.05) is 67.8 Å². The minimum Gasteiger partial charge on any atom is -0.512 e. The third-order valence-electron chi connectivity index (χ3n) is 9.84. The number of piperidine rings is 1. The minimum absolute atomic E-state index is 0.000577. The van der Waals surface area contributed by atoms with Gasteiger partial charge in [-0.25, -0.2) is 17.5 Å². The number of nitrogens with one attached hydrogen (secondary N) is 2. The third kappa shape index (κ3) is 9.76. The van der Waals surface area contributed by atoms with Crippen LogP contribution in [0.1, 0.15) is 93.0 Å². The quantitative estimate of drug-likeness (QED) is 0.0662. The van der Waals surface area contributed by atoms with E-state index in [-0.39, 0.29) is 53.4 Å². The van der Waals surface area contributed by atoms with E-state index in [1.54, 1.807) is 18.2 Å². The summed E-state index contributed by atoms with van der Waals surface area (Å²) in [5.74, 6) is -1.34. The van der Waals surface area contributed by atoms with Gasteiger partial charge in [0.2, 0.25) is 10.0 Å². The van der Waals surface area contributed by atoms with Crippen molar-refractivity contribution in [1.82, 2.24) is 4.72 Å². The molecule has 5 rings (SSSR count). The van der Waals surface area contributed by atoms with E-state index in [1.807, 2.05) is 4.90 Å². The van der Waals surface area contributed by atoms with E-state index < -0.39 is 21.7 Å². The number of ether oxygens (including phenoxy) is 1. The van der Waals surface area contributed by atoms with Gasteiger partial charge in [-0.15, -0.1) is 0 Å². The maximum atomic E-state index is 15.4. The number of allylic oxidation sites excluding steroid dienone is 1. The Kier molecular flexibility index (Phi) is 13.0. The van der Waals surface area contributed by atoms with Gasteiger partial charge in [0.25, 0.3) is 5.91 Å². The van der Waals surface area contributed by atoms with Crippen LogP contribution in [0.3, 0.4) is 0 Å². The van der Waals surface area contributed by atoms with Crippen LogP contribution >= 0.6 is 23.2 Å². The van der Waals surface area contributed by atoms with E-state index in [0.717, 1.165) is 70.3 Å². The number of rotatable bonds is 19.